The summed E-state index contributed by atoms with van der Waals surface area (Å²) in [5, 5.41) is 6.45. The Bertz CT molecular complexity index is 1090. The first-order chi connectivity index (χ1) is 13.0. The van der Waals surface area contributed by atoms with Crippen molar-refractivity contribution in [2.24, 2.45) is 0 Å². The molecule has 2 aromatic carbocycles. The van der Waals surface area contributed by atoms with Crippen LogP contribution < -0.4 is 15.9 Å². The largest absolute Gasteiger partial charge is 0.354 e. The molecule has 0 spiro atoms. The van der Waals surface area contributed by atoms with Crippen LogP contribution in [0, 0.1) is 5.82 Å². The first kappa shape index (κ1) is 16.7. The van der Waals surface area contributed by atoms with Gasteiger partial charge in [0.05, 0.1) is 12.2 Å². The molecule has 4 rings (SSSR count). The van der Waals surface area contributed by atoms with Crippen LogP contribution in [0.15, 0.2) is 59.4 Å². The number of aromatic nitrogens is 3. The van der Waals surface area contributed by atoms with Gasteiger partial charge < -0.3 is 5.32 Å². The number of rotatable bonds is 4. The molecule has 0 saturated heterocycles. The lowest BCUT2D eigenvalue weighted by Gasteiger charge is -2.14. The summed E-state index contributed by atoms with van der Waals surface area (Å²) in [4.78, 5) is 38.5. The number of hydrogen-bond acceptors (Lipinski definition) is 4. The van der Waals surface area contributed by atoms with Crippen LogP contribution >= 0.6 is 0 Å². The highest BCUT2D eigenvalue weighted by Gasteiger charge is 2.33. The SMILES string of the molecule is O=C(Cn1nc2n(c1=O)C(=O)N(c1ccccc1)C2)Nc1ccccc1F. The fraction of sp³-hybridized carbons (Fsp3) is 0.111. The molecule has 0 bridgehead atoms. The topological polar surface area (TPSA) is 89.2 Å². The highest BCUT2D eigenvalue weighted by molar-refractivity contribution is 5.96. The first-order valence-corrected chi connectivity index (χ1v) is 8.14. The number of para-hydroxylation sites is 2. The first-order valence-electron chi connectivity index (χ1n) is 8.14. The van der Waals surface area contributed by atoms with E-state index in [1.54, 1.807) is 30.3 Å². The molecular weight excluding hydrogens is 353 g/mol. The van der Waals surface area contributed by atoms with Gasteiger partial charge in [-0.3, -0.25) is 9.69 Å². The Labute approximate surface area is 152 Å². The molecule has 1 aromatic heterocycles. The van der Waals surface area contributed by atoms with Crippen molar-refractivity contribution in [2.75, 3.05) is 10.2 Å². The quantitative estimate of drug-likeness (QED) is 0.762. The van der Waals surface area contributed by atoms with Gasteiger partial charge in [-0.05, 0) is 24.3 Å². The van der Waals surface area contributed by atoms with Crippen LogP contribution in [-0.4, -0.2) is 26.3 Å². The van der Waals surface area contributed by atoms with Crippen molar-refractivity contribution in [1.82, 2.24) is 14.3 Å². The summed E-state index contributed by atoms with van der Waals surface area (Å²) < 4.78 is 15.4. The number of carbonyl (C=O) groups is 2. The number of halogens is 1. The summed E-state index contributed by atoms with van der Waals surface area (Å²) in [7, 11) is 0. The fourth-order valence-electron chi connectivity index (χ4n) is 2.88. The maximum absolute atomic E-state index is 13.6. The third-order valence-electron chi connectivity index (χ3n) is 4.14. The van der Waals surface area contributed by atoms with Crippen molar-refractivity contribution in [3.05, 3.63) is 76.7 Å². The molecule has 3 aromatic rings. The standard InChI is InChI=1S/C18H14FN5O3/c19-13-8-4-5-9-14(13)20-16(25)11-23-18(27)24-15(21-23)10-22(17(24)26)12-6-2-1-3-7-12/h1-9H,10-11H2,(H,20,25). The Morgan fingerprint density at radius 3 is 2.48 bits per heavy atom. The summed E-state index contributed by atoms with van der Waals surface area (Å²) in [5.74, 6) is -0.960. The number of carbonyl (C=O) groups excluding carboxylic acids is 2. The molecule has 0 fully saturated rings. The van der Waals surface area contributed by atoms with E-state index in [-0.39, 0.29) is 18.1 Å². The minimum absolute atomic E-state index is 0.00799. The van der Waals surface area contributed by atoms with Crippen LogP contribution in [0.1, 0.15) is 5.82 Å². The maximum Gasteiger partial charge on any atom is 0.354 e. The number of nitrogens with zero attached hydrogens (tertiary/aromatic N) is 4. The molecule has 136 valence electrons. The molecule has 2 amide bonds. The summed E-state index contributed by atoms with van der Waals surface area (Å²) >= 11 is 0. The van der Waals surface area contributed by atoms with Crippen molar-refractivity contribution in [3.63, 3.8) is 0 Å². The zero-order valence-electron chi connectivity index (χ0n) is 14.0. The molecule has 0 radical (unpaired) electrons. The van der Waals surface area contributed by atoms with E-state index in [9.17, 15) is 18.8 Å². The van der Waals surface area contributed by atoms with E-state index in [2.05, 4.69) is 10.4 Å². The summed E-state index contributed by atoms with van der Waals surface area (Å²) in [5.41, 5.74) is -0.0537. The second-order valence-electron chi connectivity index (χ2n) is 5.92. The molecule has 0 aliphatic carbocycles. The van der Waals surface area contributed by atoms with E-state index >= 15 is 0 Å². The number of benzene rings is 2. The molecule has 0 unspecified atom stereocenters. The Hall–Kier alpha value is -3.75. The zero-order chi connectivity index (χ0) is 19.0. The number of fused-ring (bicyclic) bond motifs is 1. The Balaban J connectivity index is 1.53. The van der Waals surface area contributed by atoms with Crippen molar-refractivity contribution >= 4 is 23.3 Å². The lowest BCUT2D eigenvalue weighted by Crippen LogP contribution is -2.36. The van der Waals surface area contributed by atoms with Crippen LogP contribution in [0.5, 0.6) is 0 Å². The van der Waals surface area contributed by atoms with Crippen molar-refractivity contribution in [2.45, 2.75) is 13.1 Å². The smallest absolute Gasteiger partial charge is 0.322 e. The third-order valence-corrected chi connectivity index (χ3v) is 4.14. The molecule has 8 nitrogen and oxygen atoms in total. The van der Waals surface area contributed by atoms with Crippen LogP contribution in [0.2, 0.25) is 0 Å². The molecular formula is C18H14FN5O3. The van der Waals surface area contributed by atoms with Crippen molar-refractivity contribution in [3.8, 4) is 0 Å². The Morgan fingerprint density at radius 2 is 1.78 bits per heavy atom. The van der Waals surface area contributed by atoms with E-state index in [1.807, 2.05) is 6.07 Å². The monoisotopic (exact) mass is 367 g/mol. The average Bonchev–Trinajstić information content (AvgIpc) is 3.15. The highest BCUT2D eigenvalue weighted by atomic mass is 19.1. The van der Waals surface area contributed by atoms with Crippen LogP contribution in [0.3, 0.4) is 0 Å². The highest BCUT2D eigenvalue weighted by Crippen LogP contribution is 2.21. The summed E-state index contributed by atoms with van der Waals surface area (Å²) in [6.45, 7) is -0.300. The van der Waals surface area contributed by atoms with Gasteiger partial charge in [0.15, 0.2) is 5.82 Å². The second-order valence-corrected chi connectivity index (χ2v) is 5.92. The van der Waals surface area contributed by atoms with E-state index in [1.165, 1.54) is 23.1 Å². The third kappa shape index (κ3) is 2.99. The molecule has 1 N–H and O–H groups in total. The van der Waals surface area contributed by atoms with Crippen LogP contribution in [-0.2, 0) is 17.9 Å². The molecule has 2 heterocycles. The Morgan fingerprint density at radius 1 is 1.07 bits per heavy atom. The van der Waals surface area contributed by atoms with Crippen LogP contribution in [0.4, 0.5) is 20.6 Å². The van der Waals surface area contributed by atoms with Gasteiger partial charge in [0.25, 0.3) is 0 Å². The number of nitrogens with one attached hydrogen (secondary N) is 1. The minimum Gasteiger partial charge on any atom is -0.322 e. The van der Waals surface area contributed by atoms with E-state index in [4.69, 9.17) is 0 Å². The number of amides is 2. The molecule has 1 aliphatic heterocycles. The van der Waals surface area contributed by atoms with Gasteiger partial charge in [0.1, 0.15) is 12.4 Å². The van der Waals surface area contributed by atoms with Crippen LogP contribution in [0.25, 0.3) is 0 Å². The van der Waals surface area contributed by atoms with E-state index in [0.717, 1.165) is 9.25 Å². The maximum atomic E-state index is 13.6. The normalized spacial score (nSPS) is 12.9. The lowest BCUT2D eigenvalue weighted by molar-refractivity contribution is -0.117. The molecule has 27 heavy (non-hydrogen) atoms. The molecule has 9 heteroatoms. The Kier molecular flexibility index (Phi) is 4.03. The lowest BCUT2D eigenvalue weighted by atomic mass is 10.3. The van der Waals surface area contributed by atoms with Crippen molar-refractivity contribution < 1.29 is 14.0 Å². The van der Waals surface area contributed by atoms with E-state index < -0.39 is 30.0 Å². The van der Waals surface area contributed by atoms with Gasteiger partial charge in [-0.2, -0.15) is 9.67 Å². The van der Waals surface area contributed by atoms with Gasteiger partial charge in [0.2, 0.25) is 5.91 Å². The molecule has 0 atom stereocenters. The molecule has 1 aliphatic rings. The summed E-state index contributed by atoms with van der Waals surface area (Å²) in [6.07, 6.45) is 0. The van der Waals surface area contributed by atoms with Crippen molar-refractivity contribution in [1.29, 1.82) is 0 Å². The predicted molar refractivity (Wildman–Crippen MR) is 94.9 cm³/mol. The van der Waals surface area contributed by atoms with Gasteiger partial charge in [-0.1, -0.05) is 30.3 Å². The number of anilines is 2. The zero-order valence-corrected chi connectivity index (χ0v) is 14.0. The molecule has 0 saturated carbocycles. The summed E-state index contributed by atoms with van der Waals surface area (Å²) in [6, 6.07) is 14.1. The minimum atomic E-state index is -0.711. The van der Waals surface area contributed by atoms with Gasteiger partial charge in [-0.25, -0.2) is 18.7 Å². The van der Waals surface area contributed by atoms with Gasteiger partial charge in [0, 0.05) is 5.69 Å². The van der Waals surface area contributed by atoms with Gasteiger partial charge in [-0.15, -0.1) is 0 Å². The van der Waals surface area contributed by atoms with Gasteiger partial charge >= 0.3 is 11.7 Å². The number of hydrogen-bond donors (Lipinski definition) is 1. The van der Waals surface area contributed by atoms with E-state index in [0.29, 0.717) is 5.69 Å². The second kappa shape index (κ2) is 6.52. The average molecular weight is 367 g/mol. The predicted octanol–water partition coefficient (Wildman–Crippen LogP) is 1.81. The fourth-order valence-corrected chi connectivity index (χ4v) is 2.88.